The SMILES string of the molecule is COc1ccc(C2NC(=O)NC3=C2C(=O)OC3)cc1. The average Bonchev–Trinajstić information content (AvgIpc) is 2.79. The Morgan fingerprint density at radius 1 is 1.26 bits per heavy atom. The van der Waals surface area contributed by atoms with Crippen LogP contribution >= 0.6 is 0 Å². The molecule has 0 spiro atoms. The number of hydrogen-bond donors (Lipinski definition) is 2. The van der Waals surface area contributed by atoms with Crippen LogP contribution in [0.5, 0.6) is 5.75 Å². The van der Waals surface area contributed by atoms with Gasteiger partial charge < -0.3 is 20.1 Å². The van der Waals surface area contributed by atoms with Gasteiger partial charge in [0.1, 0.15) is 12.4 Å². The molecule has 2 N–H and O–H groups in total. The van der Waals surface area contributed by atoms with Crippen molar-refractivity contribution in [3.05, 3.63) is 41.1 Å². The molecule has 3 rings (SSSR count). The summed E-state index contributed by atoms with van der Waals surface area (Å²) < 4.78 is 10.0. The summed E-state index contributed by atoms with van der Waals surface area (Å²) in [5, 5.41) is 5.31. The van der Waals surface area contributed by atoms with E-state index in [0.29, 0.717) is 17.0 Å². The number of ether oxygens (including phenoxy) is 2. The fourth-order valence-electron chi connectivity index (χ4n) is 2.23. The highest BCUT2D eigenvalue weighted by molar-refractivity contribution is 5.97. The van der Waals surface area contributed by atoms with Crippen molar-refractivity contribution in [1.29, 1.82) is 0 Å². The van der Waals surface area contributed by atoms with Gasteiger partial charge in [-0.3, -0.25) is 0 Å². The molecule has 2 aliphatic rings. The molecule has 0 fully saturated rings. The van der Waals surface area contributed by atoms with Gasteiger partial charge >= 0.3 is 12.0 Å². The highest BCUT2D eigenvalue weighted by Crippen LogP contribution is 2.31. The zero-order valence-corrected chi connectivity index (χ0v) is 10.2. The van der Waals surface area contributed by atoms with Crippen molar-refractivity contribution in [2.75, 3.05) is 13.7 Å². The highest BCUT2D eigenvalue weighted by atomic mass is 16.5. The minimum absolute atomic E-state index is 0.119. The van der Waals surface area contributed by atoms with Crippen molar-refractivity contribution < 1.29 is 19.1 Å². The van der Waals surface area contributed by atoms with E-state index in [4.69, 9.17) is 9.47 Å². The molecule has 0 saturated carbocycles. The van der Waals surface area contributed by atoms with Crippen molar-refractivity contribution in [2.45, 2.75) is 6.04 Å². The third-order valence-electron chi connectivity index (χ3n) is 3.17. The number of rotatable bonds is 2. The number of methoxy groups -OCH3 is 1. The number of cyclic esters (lactones) is 1. The molecular weight excluding hydrogens is 248 g/mol. The smallest absolute Gasteiger partial charge is 0.338 e. The summed E-state index contributed by atoms with van der Waals surface area (Å²) in [7, 11) is 1.58. The molecule has 2 amide bonds. The average molecular weight is 260 g/mol. The van der Waals surface area contributed by atoms with Crippen LogP contribution in [0, 0.1) is 0 Å². The fourth-order valence-corrected chi connectivity index (χ4v) is 2.23. The van der Waals surface area contributed by atoms with E-state index in [1.54, 1.807) is 19.2 Å². The molecule has 0 saturated heterocycles. The Balaban J connectivity index is 1.99. The number of benzene rings is 1. The van der Waals surface area contributed by atoms with Gasteiger partial charge in [-0.05, 0) is 17.7 Å². The van der Waals surface area contributed by atoms with E-state index in [-0.39, 0.29) is 12.6 Å². The Kier molecular flexibility index (Phi) is 2.63. The number of carbonyl (C=O) groups is 2. The summed E-state index contributed by atoms with van der Waals surface area (Å²) in [5.74, 6) is 0.315. The zero-order valence-electron chi connectivity index (χ0n) is 10.2. The molecule has 6 heteroatoms. The van der Waals surface area contributed by atoms with Crippen LogP contribution in [0.2, 0.25) is 0 Å². The molecule has 98 valence electrons. The summed E-state index contributed by atoms with van der Waals surface area (Å²) in [6.07, 6.45) is 0. The normalized spacial score (nSPS) is 21.4. The lowest BCUT2D eigenvalue weighted by atomic mass is 9.96. The second-order valence-corrected chi connectivity index (χ2v) is 4.27. The molecule has 19 heavy (non-hydrogen) atoms. The van der Waals surface area contributed by atoms with E-state index < -0.39 is 12.0 Å². The Morgan fingerprint density at radius 3 is 2.68 bits per heavy atom. The topological polar surface area (TPSA) is 76.7 Å². The van der Waals surface area contributed by atoms with Crippen molar-refractivity contribution in [2.24, 2.45) is 0 Å². The van der Waals surface area contributed by atoms with Crippen LogP contribution in [0.25, 0.3) is 0 Å². The van der Waals surface area contributed by atoms with Crippen LogP contribution in [0.15, 0.2) is 35.5 Å². The molecule has 1 aromatic carbocycles. The lowest BCUT2D eigenvalue weighted by molar-refractivity contribution is -0.136. The zero-order chi connectivity index (χ0) is 13.4. The predicted molar refractivity (Wildman–Crippen MR) is 65.4 cm³/mol. The summed E-state index contributed by atoms with van der Waals surface area (Å²) in [4.78, 5) is 23.3. The van der Waals surface area contributed by atoms with Gasteiger partial charge in [0.25, 0.3) is 0 Å². The Bertz CT molecular complexity index is 577. The van der Waals surface area contributed by atoms with E-state index >= 15 is 0 Å². The van der Waals surface area contributed by atoms with Crippen molar-refractivity contribution in [3.63, 3.8) is 0 Å². The molecule has 6 nitrogen and oxygen atoms in total. The Morgan fingerprint density at radius 2 is 2.00 bits per heavy atom. The number of urea groups is 1. The van der Waals surface area contributed by atoms with Gasteiger partial charge in [-0.15, -0.1) is 0 Å². The number of hydrogen-bond acceptors (Lipinski definition) is 4. The summed E-state index contributed by atoms with van der Waals surface area (Å²) in [6, 6.07) is 6.37. The number of esters is 1. The van der Waals surface area contributed by atoms with Crippen molar-refractivity contribution >= 4 is 12.0 Å². The van der Waals surface area contributed by atoms with Gasteiger partial charge in [0.2, 0.25) is 0 Å². The maximum Gasteiger partial charge on any atom is 0.338 e. The molecule has 0 radical (unpaired) electrons. The molecular formula is C13H12N2O4. The van der Waals surface area contributed by atoms with E-state index in [0.717, 1.165) is 5.56 Å². The first-order chi connectivity index (χ1) is 9.19. The lowest BCUT2D eigenvalue weighted by Crippen LogP contribution is -2.44. The molecule has 2 heterocycles. The van der Waals surface area contributed by atoms with Gasteiger partial charge in [0.15, 0.2) is 0 Å². The van der Waals surface area contributed by atoms with E-state index in [2.05, 4.69) is 10.6 Å². The molecule has 0 aromatic heterocycles. The maximum absolute atomic E-state index is 11.7. The molecule has 1 aromatic rings. The number of carbonyl (C=O) groups excluding carboxylic acids is 2. The summed E-state index contributed by atoms with van der Waals surface area (Å²) in [5.41, 5.74) is 1.81. The quantitative estimate of drug-likeness (QED) is 0.773. The summed E-state index contributed by atoms with van der Waals surface area (Å²) >= 11 is 0. The van der Waals surface area contributed by atoms with E-state index in [1.165, 1.54) is 0 Å². The maximum atomic E-state index is 11.7. The summed E-state index contributed by atoms with van der Waals surface area (Å²) in [6.45, 7) is 0.119. The van der Waals surface area contributed by atoms with Gasteiger partial charge in [-0.1, -0.05) is 12.1 Å². The first kappa shape index (κ1) is 11.6. The minimum Gasteiger partial charge on any atom is -0.497 e. The minimum atomic E-state index is -0.482. The second kappa shape index (κ2) is 4.31. The van der Waals surface area contributed by atoms with Crippen LogP contribution in [0.4, 0.5) is 4.79 Å². The van der Waals surface area contributed by atoms with Crippen LogP contribution < -0.4 is 15.4 Å². The molecule has 2 aliphatic heterocycles. The van der Waals surface area contributed by atoms with Crippen LogP contribution in [-0.2, 0) is 9.53 Å². The second-order valence-electron chi connectivity index (χ2n) is 4.27. The fraction of sp³-hybridized carbons (Fsp3) is 0.231. The van der Waals surface area contributed by atoms with E-state index in [1.807, 2.05) is 12.1 Å². The Hall–Kier alpha value is -2.50. The lowest BCUT2D eigenvalue weighted by Gasteiger charge is -2.24. The first-order valence-electron chi connectivity index (χ1n) is 5.80. The standard InChI is InChI=1S/C13H12N2O4/c1-18-8-4-2-7(3-5-8)11-10-9(6-19-12(10)16)14-13(17)15-11/h2-5,11H,6H2,1H3,(H2,14,15,17). The largest absolute Gasteiger partial charge is 0.497 e. The van der Waals surface area contributed by atoms with Crippen LogP contribution in [-0.4, -0.2) is 25.7 Å². The predicted octanol–water partition coefficient (Wildman–Crippen LogP) is 0.860. The molecule has 0 aliphatic carbocycles. The van der Waals surface area contributed by atoms with Crippen LogP contribution in [0.1, 0.15) is 11.6 Å². The van der Waals surface area contributed by atoms with E-state index in [9.17, 15) is 9.59 Å². The third-order valence-corrected chi connectivity index (χ3v) is 3.17. The van der Waals surface area contributed by atoms with Gasteiger partial charge in [-0.2, -0.15) is 0 Å². The third kappa shape index (κ3) is 1.91. The molecule has 1 atom stereocenters. The highest BCUT2D eigenvalue weighted by Gasteiger charge is 2.37. The van der Waals surface area contributed by atoms with Crippen molar-refractivity contribution in [3.8, 4) is 5.75 Å². The monoisotopic (exact) mass is 260 g/mol. The Labute approximate surface area is 109 Å². The van der Waals surface area contributed by atoms with Gasteiger partial charge in [0, 0.05) is 0 Å². The van der Waals surface area contributed by atoms with Crippen LogP contribution in [0.3, 0.4) is 0 Å². The molecule has 1 unspecified atom stereocenters. The van der Waals surface area contributed by atoms with Crippen molar-refractivity contribution in [1.82, 2.24) is 10.6 Å². The molecule has 0 bridgehead atoms. The van der Waals surface area contributed by atoms with Gasteiger partial charge in [0.05, 0.1) is 24.4 Å². The van der Waals surface area contributed by atoms with Gasteiger partial charge in [-0.25, -0.2) is 9.59 Å². The first-order valence-corrected chi connectivity index (χ1v) is 5.80. The number of amides is 2. The number of nitrogens with one attached hydrogen (secondary N) is 2.